The van der Waals surface area contributed by atoms with E-state index in [9.17, 15) is 9.65 Å². The number of nitriles is 1. The van der Waals surface area contributed by atoms with Gasteiger partial charge in [0.1, 0.15) is 35.6 Å². The zero-order chi connectivity index (χ0) is 33.5. The minimum absolute atomic E-state index is 0.0877. The van der Waals surface area contributed by atoms with Gasteiger partial charge in [-0.15, -0.1) is 6.42 Å². The third kappa shape index (κ3) is 4.43. The summed E-state index contributed by atoms with van der Waals surface area (Å²) in [4.78, 5) is 17.0. The number of nitrogens with zero attached hydrogens (tertiary/aromatic N) is 6. The second kappa shape index (κ2) is 10.7. The number of nitrogens with two attached hydrogens (primary N) is 1. The smallest absolute Gasteiger partial charge is 0.319 e. The maximum Gasteiger partial charge on any atom is 0.319 e. The SMILES string of the molecule is [2H]C([2H])(Oc1nc(N2CCOC[C@H]3[C@H](F)[C@H]32)c2cnc(-c3cc(N)cc4ccc(F)c(C#C)c34)c(F)c2n1)[C@@]12CCCN1C[C@@H](C#N)C2. The Morgan fingerprint density at radius 3 is 2.96 bits per heavy atom. The molecule has 2 aromatic carbocycles. The molecule has 0 bridgehead atoms. The fourth-order valence-electron chi connectivity index (χ4n) is 7.51. The van der Waals surface area contributed by atoms with Gasteiger partial charge in [-0.05, 0) is 49.4 Å². The van der Waals surface area contributed by atoms with Gasteiger partial charge < -0.3 is 20.1 Å². The Hall–Kier alpha value is -4.65. The molecule has 4 aliphatic rings. The lowest BCUT2D eigenvalue weighted by atomic mass is 9.91. The largest absolute Gasteiger partial charge is 0.461 e. The van der Waals surface area contributed by atoms with Crippen LogP contribution in [0.15, 0.2) is 30.5 Å². The van der Waals surface area contributed by atoms with Crippen molar-refractivity contribution in [3.63, 3.8) is 0 Å². The van der Waals surface area contributed by atoms with Crippen LogP contribution in [-0.4, -0.2) is 77.0 Å². The first kappa shape index (κ1) is 26.6. The molecule has 1 saturated carbocycles. The summed E-state index contributed by atoms with van der Waals surface area (Å²) in [6.07, 6.45) is 7.26. The van der Waals surface area contributed by atoms with Gasteiger partial charge in [0.2, 0.25) is 0 Å². The standard InChI is InChI=1S/C34H30F3N7O2/c1-2-21-25(35)5-4-19-10-20(39)11-22(26(19)21)29-28(37)30-23(14-40-29)32(44-8-9-45-16-24-27(36)31(24)44)42-33(41-30)46-17-34-6-3-7-43(34)15-18(12-34)13-38/h1,4-5,10-11,14,18,24,27,31H,3,6-9,12,15-17,39H2/t18-,24+,27+,31+,34+/m1/s1/i17D2. The van der Waals surface area contributed by atoms with Crippen molar-refractivity contribution in [3.05, 3.63) is 47.7 Å². The van der Waals surface area contributed by atoms with E-state index in [0.717, 1.165) is 6.42 Å². The summed E-state index contributed by atoms with van der Waals surface area (Å²) >= 11 is 0. The quantitative estimate of drug-likeness (QED) is 0.250. The third-order valence-corrected chi connectivity index (χ3v) is 9.75. The molecule has 2 N–H and O–H groups in total. The van der Waals surface area contributed by atoms with Crippen LogP contribution < -0.4 is 15.4 Å². The highest BCUT2D eigenvalue weighted by atomic mass is 19.1. The van der Waals surface area contributed by atoms with E-state index in [1.54, 1.807) is 11.0 Å². The molecule has 234 valence electrons. The van der Waals surface area contributed by atoms with E-state index in [1.165, 1.54) is 24.4 Å². The van der Waals surface area contributed by atoms with E-state index in [-0.39, 0.29) is 76.7 Å². The first-order chi connectivity index (χ1) is 23.1. The minimum atomic E-state index is -2.37. The van der Waals surface area contributed by atoms with Crippen molar-refractivity contribution in [2.24, 2.45) is 11.8 Å². The second-order valence-electron chi connectivity index (χ2n) is 12.4. The highest BCUT2D eigenvalue weighted by molar-refractivity contribution is 6.03. The van der Waals surface area contributed by atoms with Gasteiger partial charge in [0, 0.05) is 41.8 Å². The molecule has 0 unspecified atom stereocenters. The number of pyridine rings is 1. The predicted octanol–water partition coefficient (Wildman–Crippen LogP) is 4.62. The Bertz CT molecular complexity index is 2090. The number of alkyl halides is 1. The van der Waals surface area contributed by atoms with Crippen molar-refractivity contribution in [1.29, 1.82) is 5.26 Å². The Morgan fingerprint density at radius 2 is 2.13 bits per heavy atom. The fourth-order valence-corrected chi connectivity index (χ4v) is 7.51. The second-order valence-corrected chi connectivity index (χ2v) is 12.4. The molecule has 0 spiro atoms. The van der Waals surface area contributed by atoms with Crippen LogP contribution in [0.3, 0.4) is 0 Å². The van der Waals surface area contributed by atoms with Crippen LogP contribution in [-0.2, 0) is 4.74 Å². The van der Waals surface area contributed by atoms with Crippen molar-refractivity contribution in [2.45, 2.75) is 37.0 Å². The van der Waals surface area contributed by atoms with Crippen LogP contribution in [0, 0.1) is 47.1 Å². The van der Waals surface area contributed by atoms with Crippen molar-refractivity contribution in [1.82, 2.24) is 19.9 Å². The molecule has 4 fully saturated rings. The number of rotatable bonds is 5. The number of aromatic nitrogens is 3. The number of ether oxygens (including phenoxy) is 2. The van der Waals surface area contributed by atoms with Crippen molar-refractivity contribution >= 4 is 33.2 Å². The van der Waals surface area contributed by atoms with Gasteiger partial charge >= 0.3 is 6.01 Å². The molecule has 46 heavy (non-hydrogen) atoms. The number of halogens is 3. The molecule has 5 heterocycles. The first-order valence-corrected chi connectivity index (χ1v) is 15.2. The molecule has 3 aliphatic heterocycles. The molecule has 2 aromatic heterocycles. The van der Waals surface area contributed by atoms with Crippen LogP contribution in [0.2, 0.25) is 0 Å². The number of anilines is 2. The van der Waals surface area contributed by atoms with Crippen LogP contribution in [0.25, 0.3) is 32.9 Å². The van der Waals surface area contributed by atoms with Crippen LogP contribution in [0.4, 0.5) is 24.7 Å². The van der Waals surface area contributed by atoms with Crippen molar-refractivity contribution in [2.75, 3.05) is 50.0 Å². The number of hydrogen-bond acceptors (Lipinski definition) is 9. The average Bonchev–Trinajstić information content (AvgIpc) is 3.36. The zero-order valence-corrected chi connectivity index (χ0v) is 24.6. The molecule has 1 aliphatic carbocycles. The average molecular weight is 628 g/mol. The molecular weight excluding hydrogens is 595 g/mol. The Morgan fingerprint density at radius 1 is 1.26 bits per heavy atom. The highest BCUT2D eigenvalue weighted by Gasteiger charge is 2.56. The maximum atomic E-state index is 16.9. The van der Waals surface area contributed by atoms with Gasteiger partial charge in [-0.2, -0.15) is 15.2 Å². The molecular formula is C34H30F3N7O2. The van der Waals surface area contributed by atoms with Gasteiger partial charge in [0.05, 0.1) is 50.5 Å². The molecule has 8 rings (SSSR count). The lowest BCUT2D eigenvalue weighted by molar-refractivity contribution is 0.107. The highest BCUT2D eigenvalue weighted by Crippen LogP contribution is 2.46. The Balaban J connectivity index is 1.32. The van der Waals surface area contributed by atoms with E-state index in [2.05, 4.69) is 26.9 Å². The van der Waals surface area contributed by atoms with Crippen LogP contribution in [0.1, 0.15) is 27.6 Å². The summed E-state index contributed by atoms with van der Waals surface area (Å²) in [5, 5.41) is 10.5. The van der Waals surface area contributed by atoms with E-state index < -0.39 is 47.9 Å². The number of fused-ring (bicyclic) bond motifs is 4. The van der Waals surface area contributed by atoms with Gasteiger partial charge in [0.25, 0.3) is 0 Å². The molecule has 9 nitrogen and oxygen atoms in total. The topological polar surface area (TPSA) is 113 Å². The maximum absolute atomic E-state index is 16.9. The summed E-state index contributed by atoms with van der Waals surface area (Å²) in [5.74, 6) is 0.0901. The van der Waals surface area contributed by atoms with E-state index in [1.807, 2.05) is 4.90 Å². The summed E-state index contributed by atoms with van der Waals surface area (Å²) in [7, 11) is 0. The molecule has 12 heteroatoms. The van der Waals surface area contributed by atoms with Gasteiger partial charge in [-0.3, -0.25) is 9.88 Å². The molecule has 0 amide bonds. The van der Waals surface area contributed by atoms with Crippen molar-refractivity contribution < 1.29 is 25.4 Å². The molecule has 4 aromatic rings. The van der Waals surface area contributed by atoms with Crippen LogP contribution in [0.5, 0.6) is 6.01 Å². The van der Waals surface area contributed by atoms with E-state index in [4.69, 9.17) is 24.4 Å². The summed E-state index contributed by atoms with van der Waals surface area (Å²) in [6, 6.07) is 6.96. The Kier molecular flexibility index (Phi) is 6.19. The van der Waals surface area contributed by atoms with Gasteiger partial charge in [-0.25, -0.2) is 13.2 Å². The number of terminal acetylenes is 1. The fraction of sp³-hybridized carbons (Fsp3) is 0.412. The minimum Gasteiger partial charge on any atom is -0.461 e. The zero-order valence-electron chi connectivity index (χ0n) is 26.6. The van der Waals surface area contributed by atoms with Gasteiger partial charge in [0.15, 0.2) is 5.82 Å². The van der Waals surface area contributed by atoms with E-state index in [0.29, 0.717) is 24.9 Å². The molecule has 3 saturated heterocycles. The Labute approximate surface area is 265 Å². The first-order valence-electron chi connectivity index (χ1n) is 16.2. The number of hydrogen-bond donors (Lipinski definition) is 1. The lowest BCUT2D eigenvalue weighted by Crippen LogP contribution is -2.43. The summed E-state index contributed by atoms with van der Waals surface area (Å²) in [5.41, 5.74) is 4.90. The van der Waals surface area contributed by atoms with Gasteiger partial charge in [-0.1, -0.05) is 12.0 Å². The third-order valence-electron chi connectivity index (χ3n) is 9.75. The summed E-state index contributed by atoms with van der Waals surface area (Å²) in [6.45, 7) is -0.631. The van der Waals surface area contributed by atoms with Crippen LogP contribution >= 0.6 is 0 Å². The van der Waals surface area contributed by atoms with Crippen molar-refractivity contribution in [3.8, 4) is 35.7 Å². The number of nitrogen functional groups attached to an aromatic ring is 1. The normalized spacial score (nSPS) is 28.2. The monoisotopic (exact) mass is 627 g/mol. The molecule has 0 radical (unpaired) electrons. The number of benzene rings is 2. The van der Waals surface area contributed by atoms with E-state index >= 15 is 8.78 Å². The predicted molar refractivity (Wildman–Crippen MR) is 166 cm³/mol. The molecule has 5 atom stereocenters. The lowest BCUT2D eigenvalue weighted by Gasteiger charge is -2.31. The summed E-state index contributed by atoms with van der Waals surface area (Å²) < 4.78 is 76.7.